The lowest BCUT2D eigenvalue weighted by atomic mass is 10.1. The van der Waals surface area contributed by atoms with Gasteiger partial charge in [0.1, 0.15) is 12.7 Å². The molecule has 0 amide bonds. The molecule has 4 nitrogen and oxygen atoms in total. The van der Waals surface area contributed by atoms with Crippen LogP contribution in [0, 0.1) is 18.6 Å². The molecule has 0 aliphatic carbocycles. The molecule has 168 valence electrons. The number of nitrogens with zero attached hydrogens (tertiary/aromatic N) is 2. The monoisotopic (exact) mass is 546 g/mol. The average Bonchev–Trinajstić information content (AvgIpc) is 2.63. The van der Waals surface area contributed by atoms with Gasteiger partial charge in [-0.05, 0) is 36.8 Å². The summed E-state index contributed by atoms with van der Waals surface area (Å²) in [6.45, 7) is 5.41. The van der Waals surface area contributed by atoms with Gasteiger partial charge in [-0.15, -0.1) is 24.8 Å². The van der Waals surface area contributed by atoms with Crippen molar-refractivity contribution in [1.82, 2.24) is 4.90 Å². The second-order valence-corrected chi connectivity index (χ2v) is 8.23. The van der Waals surface area contributed by atoms with Gasteiger partial charge in [-0.1, -0.05) is 33.6 Å². The van der Waals surface area contributed by atoms with E-state index in [1.165, 1.54) is 5.56 Å². The number of aliphatic hydroxyl groups is 1. The van der Waals surface area contributed by atoms with Crippen LogP contribution in [-0.4, -0.2) is 55.4 Å². The Hall–Kier alpha value is -0.830. The number of benzene rings is 2. The quantitative estimate of drug-likeness (QED) is 0.546. The number of halogens is 6. The van der Waals surface area contributed by atoms with Crippen molar-refractivity contribution in [1.29, 1.82) is 0 Å². The van der Waals surface area contributed by atoms with Crippen LogP contribution in [0.2, 0.25) is 5.02 Å². The van der Waals surface area contributed by atoms with Crippen molar-refractivity contribution < 1.29 is 18.6 Å². The fourth-order valence-corrected chi connectivity index (χ4v) is 3.86. The Bertz CT molecular complexity index is 817. The molecule has 3 rings (SSSR count). The van der Waals surface area contributed by atoms with E-state index in [4.69, 9.17) is 16.3 Å². The maximum atomic E-state index is 13.8. The van der Waals surface area contributed by atoms with E-state index in [0.29, 0.717) is 16.0 Å². The third-order valence-corrected chi connectivity index (χ3v) is 5.43. The van der Waals surface area contributed by atoms with Crippen molar-refractivity contribution in [3.05, 3.63) is 57.0 Å². The second-order valence-electron chi connectivity index (χ2n) is 6.88. The van der Waals surface area contributed by atoms with E-state index < -0.39 is 23.5 Å². The molecular weight excluding hydrogens is 524 g/mol. The molecule has 1 unspecified atom stereocenters. The van der Waals surface area contributed by atoms with Crippen molar-refractivity contribution in [3.8, 4) is 5.75 Å². The molecule has 30 heavy (non-hydrogen) atoms. The lowest BCUT2D eigenvalue weighted by Gasteiger charge is -2.37. The molecule has 0 radical (unpaired) electrons. The molecule has 0 bridgehead atoms. The van der Waals surface area contributed by atoms with Crippen LogP contribution in [0.3, 0.4) is 0 Å². The van der Waals surface area contributed by atoms with Gasteiger partial charge in [-0.2, -0.15) is 0 Å². The highest BCUT2D eigenvalue weighted by Gasteiger charge is 2.21. The van der Waals surface area contributed by atoms with Crippen LogP contribution < -0.4 is 9.64 Å². The minimum Gasteiger partial charge on any atom is -0.485 e. The number of rotatable bonds is 6. The van der Waals surface area contributed by atoms with Crippen molar-refractivity contribution in [2.24, 2.45) is 0 Å². The molecule has 1 fully saturated rings. The summed E-state index contributed by atoms with van der Waals surface area (Å²) in [4.78, 5) is 4.38. The van der Waals surface area contributed by atoms with Crippen LogP contribution in [-0.2, 0) is 0 Å². The topological polar surface area (TPSA) is 35.9 Å². The van der Waals surface area contributed by atoms with Gasteiger partial charge in [0, 0.05) is 47.9 Å². The highest BCUT2D eigenvalue weighted by molar-refractivity contribution is 9.10. The third-order valence-electron chi connectivity index (χ3n) is 4.74. The predicted molar refractivity (Wildman–Crippen MR) is 125 cm³/mol. The van der Waals surface area contributed by atoms with Crippen LogP contribution in [0.15, 0.2) is 34.8 Å². The number of aryl methyl sites for hydroxylation is 1. The van der Waals surface area contributed by atoms with E-state index in [-0.39, 0.29) is 31.4 Å². The number of β-amino-alcohol motifs (C(OH)–C–C–N with tert-alkyl or cyclic N) is 1. The molecule has 10 heteroatoms. The first-order chi connectivity index (χ1) is 13.3. The van der Waals surface area contributed by atoms with E-state index in [1.807, 2.05) is 18.2 Å². The van der Waals surface area contributed by atoms with Gasteiger partial charge < -0.3 is 14.7 Å². The highest BCUT2D eigenvalue weighted by Crippen LogP contribution is 2.27. The number of piperazine rings is 1. The lowest BCUT2D eigenvalue weighted by molar-refractivity contribution is 0.0634. The summed E-state index contributed by atoms with van der Waals surface area (Å²) in [5.74, 6) is -2.07. The van der Waals surface area contributed by atoms with Gasteiger partial charge in [0.2, 0.25) is 0 Å². The van der Waals surface area contributed by atoms with Gasteiger partial charge in [0.25, 0.3) is 0 Å². The fraction of sp³-hybridized carbons (Fsp3) is 0.400. The molecule has 1 atom stereocenters. The summed E-state index contributed by atoms with van der Waals surface area (Å²) in [5, 5.41) is 10.9. The summed E-state index contributed by atoms with van der Waals surface area (Å²) < 4.78 is 33.0. The summed E-state index contributed by atoms with van der Waals surface area (Å²) in [6, 6.07) is 8.11. The Morgan fingerprint density at radius 2 is 1.70 bits per heavy atom. The predicted octanol–water partition coefficient (Wildman–Crippen LogP) is 5.09. The Labute approximate surface area is 201 Å². The smallest absolute Gasteiger partial charge is 0.190 e. The van der Waals surface area contributed by atoms with Gasteiger partial charge in [-0.3, -0.25) is 4.90 Å². The van der Waals surface area contributed by atoms with Crippen molar-refractivity contribution >= 4 is 58.0 Å². The van der Waals surface area contributed by atoms with Crippen LogP contribution in [0.5, 0.6) is 5.75 Å². The summed E-state index contributed by atoms with van der Waals surface area (Å²) in [6.07, 6.45) is -0.845. The first kappa shape index (κ1) is 27.2. The maximum Gasteiger partial charge on any atom is 0.190 e. The summed E-state index contributed by atoms with van der Waals surface area (Å²) in [5.41, 5.74) is 2.29. The molecule has 1 aliphatic rings. The van der Waals surface area contributed by atoms with E-state index in [9.17, 15) is 13.9 Å². The standard InChI is InChI=1S/C20H22BrClF2N2O2.2ClH/c1-13-2-3-15(22)10-19(13)26-6-4-25(5-7-26)11-16(27)12-28-20-17(23)8-14(21)9-18(20)24;;/h2-3,8-10,16,27H,4-7,11-12H2,1H3;2*1H. The van der Waals surface area contributed by atoms with Gasteiger partial charge >= 0.3 is 0 Å². The van der Waals surface area contributed by atoms with Gasteiger partial charge in [0.15, 0.2) is 17.4 Å². The molecule has 1 aliphatic heterocycles. The fourth-order valence-electron chi connectivity index (χ4n) is 3.29. The maximum absolute atomic E-state index is 13.8. The minimum absolute atomic E-state index is 0. The molecule has 1 N–H and O–H groups in total. The number of anilines is 1. The van der Waals surface area contributed by atoms with Crippen LogP contribution >= 0.6 is 52.3 Å². The lowest BCUT2D eigenvalue weighted by Crippen LogP contribution is -2.49. The largest absolute Gasteiger partial charge is 0.485 e. The Kier molecular flexibility index (Phi) is 11.1. The van der Waals surface area contributed by atoms with E-state index in [2.05, 4.69) is 32.7 Å². The SMILES string of the molecule is Cc1ccc(Cl)cc1N1CCN(CC(O)COc2c(F)cc(Br)cc2F)CC1.Cl.Cl. The molecular formula is C20H24BrCl3F2N2O2. The number of hydrogen-bond donors (Lipinski definition) is 1. The van der Waals surface area contributed by atoms with E-state index in [1.54, 1.807) is 0 Å². The van der Waals surface area contributed by atoms with Crippen LogP contribution in [0.25, 0.3) is 0 Å². The van der Waals surface area contributed by atoms with Gasteiger partial charge in [-0.25, -0.2) is 8.78 Å². The van der Waals surface area contributed by atoms with Crippen molar-refractivity contribution in [2.75, 3.05) is 44.2 Å². The Balaban J connectivity index is 0.00000225. The zero-order valence-electron chi connectivity index (χ0n) is 16.3. The van der Waals surface area contributed by atoms with E-state index in [0.717, 1.165) is 44.0 Å². The first-order valence-corrected chi connectivity index (χ1v) is 10.2. The molecule has 2 aromatic rings. The van der Waals surface area contributed by atoms with E-state index >= 15 is 0 Å². The second kappa shape index (κ2) is 12.3. The Morgan fingerprint density at radius 1 is 1.10 bits per heavy atom. The third kappa shape index (κ3) is 7.11. The average molecular weight is 549 g/mol. The van der Waals surface area contributed by atoms with Crippen molar-refractivity contribution in [2.45, 2.75) is 13.0 Å². The minimum atomic E-state index is -0.845. The zero-order chi connectivity index (χ0) is 20.3. The molecule has 0 saturated carbocycles. The number of hydrogen-bond acceptors (Lipinski definition) is 4. The zero-order valence-corrected chi connectivity index (χ0v) is 20.3. The molecule has 1 saturated heterocycles. The number of ether oxygens (including phenoxy) is 1. The van der Waals surface area contributed by atoms with Crippen LogP contribution in [0.4, 0.5) is 14.5 Å². The molecule has 0 spiro atoms. The normalized spacial score (nSPS) is 15.2. The highest BCUT2D eigenvalue weighted by atomic mass is 79.9. The molecule has 1 heterocycles. The number of aliphatic hydroxyl groups excluding tert-OH is 1. The first-order valence-electron chi connectivity index (χ1n) is 9.02. The molecule has 0 aromatic heterocycles. The summed E-state index contributed by atoms with van der Waals surface area (Å²) in [7, 11) is 0. The van der Waals surface area contributed by atoms with Crippen molar-refractivity contribution in [3.63, 3.8) is 0 Å². The van der Waals surface area contributed by atoms with Gasteiger partial charge in [0.05, 0.1) is 0 Å². The Morgan fingerprint density at radius 3 is 2.30 bits per heavy atom. The molecule has 2 aromatic carbocycles. The summed E-state index contributed by atoms with van der Waals surface area (Å²) >= 11 is 9.13. The van der Waals surface area contributed by atoms with Crippen LogP contribution in [0.1, 0.15) is 5.56 Å².